The van der Waals surface area contributed by atoms with E-state index in [-0.39, 0.29) is 22.7 Å². The third kappa shape index (κ3) is 4.49. The van der Waals surface area contributed by atoms with E-state index < -0.39 is 4.92 Å². The summed E-state index contributed by atoms with van der Waals surface area (Å²) >= 11 is 5.76. The summed E-state index contributed by atoms with van der Waals surface area (Å²) in [4.78, 5) is 14.4. The zero-order valence-corrected chi connectivity index (χ0v) is 11.6. The summed E-state index contributed by atoms with van der Waals surface area (Å²) in [5.74, 6) is 0.848. The van der Waals surface area contributed by atoms with Gasteiger partial charge in [0, 0.05) is 12.1 Å². The van der Waals surface area contributed by atoms with Gasteiger partial charge >= 0.3 is 5.69 Å². The highest BCUT2D eigenvalue weighted by Crippen LogP contribution is 2.25. The number of hydrogen-bond acceptors (Lipinski definition) is 4. The molecule has 0 fully saturated rings. The van der Waals surface area contributed by atoms with Crippen molar-refractivity contribution in [3.63, 3.8) is 0 Å². The first-order valence-corrected chi connectivity index (χ1v) is 6.35. The number of anilines is 1. The molecule has 100 valence electrons. The Bertz CT molecular complexity index is 424. The smallest absolute Gasteiger partial charge is 0.311 e. The fourth-order valence-corrected chi connectivity index (χ4v) is 1.72. The van der Waals surface area contributed by atoms with Gasteiger partial charge in [-0.3, -0.25) is 10.1 Å². The van der Waals surface area contributed by atoms with E-state index in [4.69, 9.17) is 11.6 Å². The van der Waals surface area contributed by atoms with Gasteiger partial charge in [0.1, 0.15) is 5.15 Å². The molecule has 0 saturated heterocycles. The minimum absolute atomic E-state index is 0.0456. The molecular formula is C12H18ClN3O2. The zero-order chi connectivity index (χ0) is 13.7. The Morgan fingerprint density at radius 3 is 2.61 bits per heavy atom. The number of pyridine rings is 1. The Kier molecular flexibility index (Phi) is 5.34. The first kappa shape index (κ1) is 14.7. The standard InChI is InChI=1S/C12H18ClN3O2/c1-8(2)4-5-9(3)14-12-10(16(17)18)6-7-11(13)15-12/h6-9H,4-5H2,1-3H3,(H,14,15). The van der Waals surface area contributed by atoms with E-state index in [1.165, 1.54) is 12.1 Å². The molecule has 0 radical (unpaired) electrons. The fourth-order valence-electron chi connectivity index (χ4n) is 1.57. The van der Waals surface area contributed by atoms with Crippen LogP contribution >= 0.6 is 11.6 Å². The van der Waals surface area contributed by atoms with E-state index in [9.17, 15) is 10.1 Å². The molecule has 0 amide bonds. The van der Waals surface area contributed by atoms with Crippen molar-refractivity contribution in [3.05, 3.63) is 27.4 Å². The summed E-state index contributed by atoms with van der Waals surface area (Å²) in [5, 5.41) is 14.2. The van der Waals surface area contributed by atoms with Crippen molar-refractivity contribution in [3.8, 4) is 0 Å². The van der Waals surface area contributed by atoms with Gasteiger partial charge in [-0.1, -0.05) is 25.4 Å². The molecule has 1 rings (SSSR count). The summed E-state index contributed by atoms with van der Waals surface area (Å²) in [6.45, 7) is 6.27. The van der Waals surface area contributed by atoms with Crippen LogP contribution in [0, 0.1) is 16.0 Å². The maximum atomic E-state index is 10.9. The van der Waals surface area contributed by atoms with Crippen LogP contribution in [-0.2, 0) is 0 Å². The molecule has 1 heterocycles. The molecule has 6 heteroatoms. The van der Waals surface area contributed by atoms with Crippen LogP contribution in [0.2, 0.25) is 5.15 Å². The van der Waals surface area contributed by atoms with E-state index in [0.717, 1.165) is 12.8 Å². The molecule has 1 unspecified atom stereocenters. The average molecular weight is 272 g/mol. The van der Waals surface area contributed by atoms with Crippen LogP contribution in [-0.4, -0.2) is 15.9 Å². The molecule has 0 aromatic carbocycles. The maximum Gasteiger partial charge on any atom is 0.311 e. The number of halogens is 1. The maximum absolute atomic E-state index is 10.9. The minimum atomic E-state index is -0.458. The minimum Gasteiger partial charge on any atom is -0.362 e. The van der Waals surface area contributed by atoms with Gasteiger partial charge in [0.15, 0.2) is 0 Å². The second-order valence-corrected chi connectivity index (χ2v) is 5.16. The molecule has 0 bridgehead atoms. The van der Waals surface area contributed by atoms with E-state index >= 15 is 0 Å². The third-order valence-corrected chi connectivity index (χ3v) is 2.81. The topological polar surface area (TPSA) is 68.1 Å². The fraction of sp³-hybridized carbons (Fsp3) is 0.583. The summed E-state index contributed by atoms with van der Waals surface area (Å²) in [5.41, 5.74) is -0.0456. The van der Waals surface area contributed by atoms with Crippen LogP contribution in [0.25, 0.3) is 0 Å². The molecule has 0 aliphatic carbocycles. The Labute approximate surface area is 112 Å². The number of nitrogens with one attached hydrogen (secondary N) is 1. The van der Waals surface area contributed by atoms with E-state index in [1.54, 1.807) is 0 Å². The number of aromatic nitrogens is 1. The van der Waals surface area contributed by atoms with Gasteiger partial charge in [-0.25, -0.2) is 4.98 Å². The monoisotopic (exact) mass is 271 g/mol. The van der Waals surface area contributed by atoms with Crippen molar-refractivity contribution < 1.29 is 4.92 Å². The Morgan fingerprint density at radius 1 is 1.39 bits per heavy atom. The normalized spacial score (nSPS) is 12.5. The van der Waals surface area contributed by atoms with Gasteiger partial charge < -0.3 is 5.32 Å². The van der Waals surface area contributed by atoms with Gasteiger partial charge in [0.2, 0.25) is 5.82 Å². The van der Waals surface area contributed by atoms with Gasteiger partial charge in [0.05, 0.1) is 4.92 Å². The number of nitro groups is 1. The molecule has 0 aliphatic rings. The van der Waals surface area contributed by atoms with Crippen molar-refractivity contribution in [1.82, 2.24) is 4.98 Å². The second kappa shape index (κ2) is 6.54. The van der Waals surface area contributed by atoms with Crippen LogP contribution in [0.15, 0.2) is 12.1 Å². The van der Waals surface area contributed by atoms with Gasteiger partial charge in [0.25, 0.3) is 0 Å². The number of rotatable bonds is 6. The Morgan fingerprint density at radius 2 is 2.06 bits per heavy atom. The van der Waals surface area contributed by atoms with Crippen LogP contribution in [0.3, 0.4) is 0 Å². The summed E-state index contributed by atoms with van der Waals surface area (Å²) in [7, 11) is 0. The quantitative estimate of drug-likeness (QED) is 0.484. The van der Waals surface area contributed by atoms with Gasteiger partial charge in [-0.05, 0) is 31.7 Å². The van der Waals surface area contributed by atoms with Crippen molar-refractivity contribution in [2.24, 2.45) is 5.92 Å². The molecule has 18 heavy (non-hydrogen) atoms. The molecule has 5 nitrogen and oxygen atoms in total. The summed E-state index contributed by atoms with van der Waals surface area (Å²) < 4.78 is 0. The highest BCUT2D eigenvalue weighted by Gasteiger charge is 2.17. The average Bonchev–Trinajstić information content (AvgIpc) is 2.26. The lowest BCUT2D eigenvalue weighted by atomic mass is 10.0. The summed E-state index contributed by atoms with van der Waals surface area (Å²) in [6, 6.07) is 2.91. The van der Waals surface area contributed by atoms with Gasteiger partial charge in [-0.2, -0.15) is 0 Å². The summed E-state index contributed by atoms with van der Waals surface area (Å²) in [6.07, 6.45) is 1.99. The first-order valence-electron chi connectivity index (χ1n) is 5.97. The van der Waals surface area contributed by atoms with E-state index in [2.05, 4.69) is 24.1 Å². The van der Waals surface area contributed by atoms with E-state index in [0.29, 0.717) is 5.92 Å². The lowest BCUT2D eigenvalue weighted by Crippen LogP contribution is -2.17. The molecule has 0 saturated carbocycles. The second-order valence-electron chi connectivity index (χ2n) is 4.78. The van der Waals surface area contributed by atoms with Crippen LogP contribution in [0.4, 0.5) is 11.5 Å². The molecular weight excluding hydrogens is 254 g/mol. The largest absolute Gasteiger partial charge is 0.362 e. The molecule has 1 aromatic heterocycles. The van der Waals surface area contributed by atoms with Crippen molar-refractivity contribution in [1.29, 1.82) is 0 Å². The van der Waals surface area contributed by atoms with Crippen molar-refractivity contribution in [2.75, 3.05) is 5.32 Å². The third-order valence-electron chi connectivity index (χ3n) is 2.60. The van der Waals surface area contributed by atoms with Gasteiger partial charge in [-0.15, -0.1) is 0 Å². The van der Waals surface area contributed by atoms with Crippen LogP contribution < -0.4 is 5.32 Å². The molecule has 1 N–H and O–H groups in total. The SMILES string of the molecule is CC(C)CCC(C)Nc1nc(Cl)ccc1[N+](=O)[O-]. The lowest BCUT2D eigenvalue weighted by Gasteiger charge is -2.15. The predicted molar refractivity (Wildman–Crippen MR) is 73.1 cm³/mol. The highest BCUT2D eigenvalue weighted by atomic mass is 35.5. The lowest BCUT2D eigenvalue weighted by molar-refractivity contribution is -0.384. The van der Waals surface area contributed by atoms with Crippen molar-refractivity contribution in [2.45, 2.75) is 39.7 Å². The van der Waals surface area contributed by atoms with Crippen LogP contribution in [0.5, 0.6) is 0 Å². The predicted octanol–water partition coefficient (Wildman–Crippen LogP) is 3.88. The highest BCUT2D eigenvalue weighted by molar-refractivity contribution is 6.29. The first-order chi connectivity index (χ1) is 8.40. The van der Waals surface area contributed by atoms with Crippen LogP contribution in [0.1, 0.15) is 33.6 Å². The molecule has 0 aliphatic heterocycles. The van der Waals surface area contributed by atoms with E-state index in [1.807, 2.05) is 6.92 Å². The Hall–Kier alpha value is -1.36. The van der Waals surface area contributed by atoms with Crippen molar-refractivity contribution >= 4 is 23.1 Å². The molecule has 1 aromatic rings. The number of nitrogens with zero attached hydrogens (tertiary/aromatic N) is 2. The molecule has 0 spiro atoms. The number of hydrogen-bond donors (Lipinski definition) is 1. The Balaban J connectivity index is 2.76. The zero-order valence-electron chi connectivity index (χ0n) is 10.8. The molecule has 1 atom stereocenters.